The topological polar surface area (TPSA) is 56.2 Å². The summed E-state index contributed by atoms with van der Waals surface area (Å²) in [5.74, 6) is 0.185. The van der Waals surface area contributed by atoms with Crippen molar-refractivity contribution >= 4 is 23.2 Å². The van der Waals surface area contributed by atoms with Crippen molar-refractivity contribution in [2.45, 2.75) is 39.0 Å². The largest absolute Gasteiger partial charge is 0.365 e. The van der Waals surface area contributed by atoms with E-state index in [9.17, 15) is 4.79 Å². The Labute approximate surface area is 169 Å². The summed E-state index contributed by atoms with van der Waals surface area (Å²) in [6.07, 6.45) is -0.108. The SMILES string of the molecule is CC(C)c1cccc(NC(=O)c2cc3n(n2)C[C@H](c2ccc(Cl)cc2)OC3)c1. The lowest BCUT2D eigenvalue weighted by atomic mass is 10.0. The molecule has 0 unspecified atom stereocenters. The Morgan fingerprint density at radius 3 is 2.75 bits per heavy atom. The van der Waals surface area contributed by atoms with Gasteiger partial charge in [0.25, 0.3) is 5.91 Å². The first-order chi connectivity index (χ1) is 13.5. The lowest BCUT2D eigenvalue weighted by molar-refractivity contribution is -0.00118. The number of hydrogen-bond acceptors (Lipinski definition) is 3. The summed E-state index contributed by atoms with van der Waals surface area (Å²) in [4.78, 5) is 12.7. The lowest BCUT2D eigenvalue weighted by Crippen LogP contribution is -2.22. The van der Waals surface area contributed by atoms with Gasteiger partial charge in [-0.15, -0.1) is 0 Å². The summed E-state index contributed by atoms with van der Waals surface area (Å²) >= 11 is 5.96. The average molecular weight is 396 g/mol. The zero-order valence-corrected chi connectivity index (χ0v) is 16.6. The summed E-state index contributed by atoms with van der Waals surface area (Å²) in [5.41, 5.74) is 4.29. The number of carbonyl (C=O) groups excluding carboxylic acids is 1. The van der Waals surface area contributed by atoms with Crippen LogP contribution in [0.5, 0.6) is 0 Å². The van der Waals surface area contributed by atoms with Gasteiger partial charge in [-0.05, 0) is 47.4 Å². The van der Waals surface area contributed by atoms with Crippen LogP contribution in [0.4, 0.5) is 5.69 Å². The fourth-order valence-electron chi connectivity index (χ4n) is 3.29. The molecule has 4 rings (SSSR count). The summed E-state index contributed by atoms with van der Waals surface area (Å²) in [7, 11) is 0. The monoisotopic (exact) mass is 395 g/mol. The van der Waals surface area contributed by atoms with Gasteiger partial charge in [-0.1, -0.05) is 49.7 Å². The second kappa shape index (κ2) is 7.78. The summed E-state index contributed by atoms with van der Waals surface area (Å²) in [5, 5.41) is 8.13. The van der Waals surface area contributed by atoms with Crippen LogP contribution in [-0.4, -0.2) is 15.7 Å². The number of halogens is 1. The highest BCUT2D eigenvalue weighted by molar-refractivity contribution is 6.30. The van der Waals surface area contributed by atoms with Gasteiger partial charge >= 0.3 is 0 Å². The lowest BCUT2D eigenvalue weighted by Gasteiger charge is -2.24. The second-order valence-corrected chi connectivity index (χ2v) is 7.72. The van der Waals surface area contributed by atoms with Crippen molar-refractivity contribution in [3.05, 3.63) is 82.1 Å². The minimum atomic E-state index is -0.217. The minimum absolute atomic E-state index is 0.108. The Hall–Kier alpha value is -2.63. The zero-order valence-electron chi connectivity index (χ0n) is 15.9. The number of amides is 1. The van der Waals surface area contributed by atoms with E-state index in [2.05, 4.69) is 30.3 Å². The predicted octanol–water partition coefficient (Wildman–Crippen LogP) is 5.18. The van der Waals surface area contributed by atoms with Gasteiger partial charge in [-0.25, -0.2) is 0 Å². The van der Waals surface area contributed by atoms with E-state index in [1.165, 1.54) is 5.56 Å². The van der Waals surface area contributed by atoms with E-state index in [0.29, 0.717) is 29.8 Å². The molecule has 144 valence electrons. The van der Waals surface area contributed by atoms with E-state index in [0.717, 1.165) is 16.9 Å². The van der Waals surface area contributed by atoms with Crippen LogP contribution in [0.2, 0.25) is 5.02 Å². The Bertz CT molecular complexity index is 995. The number of aromatic nitrogens is 2. The van der Waals surface area contributed by atoms with Crippen molar-refractivity contribution < 1.29 is 9.53 Å². The van der Waals surface area contributed by atoms with Crippen molar-refractivity contribution in [2.75, 3.05) is 5.32 Å². The third-order valence-corrected chi connectivity index (χ3v) is 5.17. The number of carbonyl (C=O) groups is 1. The van der Waals surface area contributed by atoms with Gasteiger partial charge in [0, 0.05) is 10.7 Å². The molecule has 0 saturated heterocycles. The number of ether oxygens (including phenoxy) is 1. The maximum Gasteiger partial charge on any atom is 0.276 e. The molecule has 2 heterocycles. The number of anilines is 1. The van der Waals surface area contributed by atoms with Crippen LogP contribution in [-0.2, 0) is 17.9 Å². The fourth-order valence-corrected chi connectivity index (χ4v) is 3.41. The van der Waals surface area contributed by atoms with E-state index in [1.54, 1.807) is 6.07 Å². The van der Waals surface area contributed by atoms with Crippen LogP contribution in [0.15, 0.2) is 54.6 Å². The highest BCUT2D eigenvalue weighted by Gasteiger charge is 2.24. The van der Waals surface area contributed by atoms with Gasteiger partial charge < -0.3 is 10.1 Å². The van der Waals surface area contributed by atoms with Gasteiger partial charge in [0.1, 0.15) is 6.10 Å². The molecule has 0 aliphatic carbocycles. The quantitative estimate of drug-likeness (QED) is 0.661. The number of hydrogen-bond donors (Lipinski definition) is 1. The first-order valence-electron chi connectivity index (χ1n) is 9.34. The highest BCUT2D eigenvalue weighted by atomic mass is 35.5. The molecule has 28 heavy (non-hydrogen) atoms. The highest BCUT2D eigenvalue weighted by Crippen LogP contribution is 2.27. The molecule has 0 bridgehead atoms. The number of rotatable bonds is 4. The van der Waals surface area contributed by atoms with E-state index in [-0.39, 0.29) is 12.0 Å². The summed E-state index contributed by atoms with van der Waals surface area (Å²) in [6, 6.07) is 17.3. The molecular weight excluding hydrogens is 374 g/mol. The smallest absolute Gasteiger partial charge is 0.276 e. The van der Waals surface area contributed by atoms with E-state index >= 15 is 0 Å². The molecule has 1 aromatic heterocycles. The van der Waals surface area contributed by atoms with E-state index < -0.39 is 0 Å². The van der Waals surface area contributed by atoms with Crippen LogP contribution in [0.3, 0.4) is 0 Å². The standard InChI is InChI=1S/C22H22ClN3O2/c1-14(2)16-4-3-5-18(10-16)24-22(27)20-11-19-13-28-21(12-26(19)25-20)15-6-8-17(23)9-7-15/h3-11,14,21H,12-13H2,1-2H3,(H,24,27)/t21-/m1/s1. The van der Waals surface area contributed by atoms with Crippen molar-refractivity contribution in [3.63, 3.8) is 0 Å². The molecule has 1 amide bonds. The molecule has 3 aromatic rings. The number of nitrogens with zero attached hydrogens (tertiary/aromatic N) is 2. The molecule has 1 atom stereocenters. The van der Waals surface area contributed by atoms with Gasteiger partial charge in [-0.3, -0.25) is 9.48 Å². The maximum atomic E-state index is 12.7. The molecule has 0 saturated carbocycles. The summed E-state index contributed by atoms with van der Waals surface area (Å²) in [6.45, 7) is 5.23. The van der Waals surface area contributed by atoms with Crippen molar-refractivity contribution in [3.8, 4) is 0 Å². The maximum absolute atomic E-state index is 12.7. The predicted molar refractivity (Wildman–Crippen MR) is 110 cm³/mol. The first kappa shape index (κ1) is 18.7. The number of fused-ring (bicyclic) bond motifs is 1. The molecule has 1 N–H and O–H groups in total. The van der Waals surface area contributed by atoms with Crippen molar-refractivity contribution in [1.29, 1.82) is 0 Å². The Balaban J connectivity index is 1.48. The minimum Gasteiger partial charge on any atom is -0.365 e. The molecular formula is C22H22ClN3O2. The normalized spacial score (nSPS) is 16.1. The van der Waals surface area contributed by atoms with Crippen LogP contribution < -0.4 is 5.32 Å². The first-order valence-corrected chi connectivity index (χ1v) is 9.72. The second-order valence-electron chi connectivity index (χ2n) is 7.29. The fraction of sp³-hybridized carbons (Fsp3) is 0.273. The van der Waals surface area contributed by atoms with Gasteiger partial charge in [0.15, 0.2) is 5.69 Å². The Kier molecular flexibility index (Phi) is 5.20. The van der Waals surface area contributed by atoms with E-state index in [1.807, 2.05) is 47.1 Å². The van der Waals surface area contributed by atoms with Crippen LogP contribution in [0.25, 0.3) is 0 Å². The Morgan fingerprint density at radius 2 is 2.00 bits per heavy atom. The molecule has 6 heteroatoms. The van der Waals surface area contributed by atoms with Crippen LogP contribution >= 0.6 is 11.6 Å². The molecule has 1 aliphatic heterocycles. The third kappa shape index (κ3) is 3.96. The van der Waals surface area contributed by atoms with Gasteiger partial charge in [0.2, 0.25) is 0 Å². The molecule has 1 aliphatic rings. The molecule has 2 aromatic carbocycles. The van der Waals surface area contributed by atoms with Crippen LogP contribution in [0, 0.1) is 0 Å². The molecule has 5 nitrogen and oxygen atoms in total. The Morgan fingerprint density at radius 1 is 1.21 bits per heavy atom. The molecule has 0 radical (unpaired) electrons. The van der Waals surface area contributed by atoms with Gasteiger partial charge in [0.05, 0.1) is 18.8 Å². The van der Waals surface area contributed by atoms with E-state index in [4.69, 9.17) is 16.3 Å². The summed E-state index contributed by atoms with van der Waals surface area (Å²) < 4.78 is 7.80. The number of nitrogens with one attached hydrogen (secondary N) is 1. The molecule has 0 fully saturated rings. The average Bonchev–Trinajstić information content (AvgIpc) is 3.12. The third-order valence-electron chi connectivity index (χ3n) is 4.92. The van der Waals surface area contributed by atoms with Crippen molar-refractivity contribution in [2.24, 2.45) is 0 Å². The van der Waals surface area contributed by atoms with Crippen LogP contribution in [0.1, 0.15) is 53.2 Å². The molecule has 0 spiro atoms. The number of benzene rings is 2. The zero-order chi connectivity index (χ0) is 19.7. The van der Waals surface area contributed by atoms with Gasteiger partial charge in [-0.2, -0.15) is 5.10 Å². The van der Waals surface area contributed by atoms with Crippen molar-refractivity contribution in [1.82, 2.24) is 9.78 Å².